The van der Waals surface area contributed by atoms with Crippen molar-refractivity contribution in [1.82, 2.24) is 26.0 Å². The summed E-state index contributed by atoms with van der Waals surface area (Å²) >= 11 is 0. The first-order chi connectivity index (χ1) is 20.1. The third-order valence-corrected chi connectivity index (χ3v) is 7.19. The molecule has 8 nitrogen and oxygen atoms in total. The largest absolute Gasteiger partial charge is 0.361 e. The number of nitrogens with zero attached hydrogens (tertiary/aromatic N) is 1. The number of aryl methyl sites for hydroxylation is 1. The third kappa shape index (κ3) is 9.06. The number of urea groups is 1. The van der Waals surface area contributed by atoms with Crippen molar-refractivity contribution in [2.24, 2.45) is 0 Å². The highest BCUT2D eigenvalue weighted by molar-refractivity contribution is 5.90. The minimum absolute atomic E-state index is 0.154. The summed E-state index contributed by atoms with van der Waals surface area (Å²) in [5.74, 6) is -0.570. The Morgan fingerprint density at radius 3 is 2.37 bits per heavy atom. The summed E-state index contributed by atoms with van der Waals surface area (Å²) in [4.78, 5) is 29.4. The van der Waals surface area contributed by atoms with E-state index in [4.69, 9.17) is 5.21 Å². The van der Waals surface area contributed by atoms with Crippen molar-refractivity contribution in [3.05, 3.63) is 113 Å². The Morgan fingerprint density at radius 1 is 0.854 bits per heavy atom. The number of hydrogen-bond acceptors (Lipinski definition) is 4. The lowest BCUT2D eigenvalue weighted by Gasteiger charge is -2.23. The Hall–Kier alpha value is -4.40. The number of aromatic nitrogens is 1. The highest BCUT2D eigenvalue weighted by atomic mass is 16.5. The number of nitrogens with one attached hydrogen (secondary N) is 4. The summed E-state index contributed by atoms with van der Waals surface area (Å²) in [7, 11) is 0. The van der Waals surface area contributed by atoms with Crippen LogP contribution in [0, 0.1) is 0 Å². The molecule has 0 saturated heterocycles. The number of para-hydroxylation sites is 1. The first-order valence-corrected chi connectivity index (χ1v) is 14.1. The molecule has 0 aliphatic heterocycles. The molecule has 0 radical (unpaired) electrons. The van der Waals surface area contributed by atoms with E-state index in [2.05, 4.69) is 70.0 Å². The standard InChI is InChI=1S/C33H39N5O3/c1-2-27-7-3-4-8-28(27)17-19-34-33(40)35-20-22-38(21-18-29-23-36-31-10-6-5-9-30(29)31)24-26-13-11-25(12-14-26)15-16-32(39)37-41/h3-16,23,36,41H,2,17-22,24H2,1H3,(H,37,39)(H2,34,35,40). The fraction of sp³-hybridized carbons (Fsp3) is 0.273. The second-order valence-corrected chi connectivity index (χ2v) is 9.99. The van der Waals surface area contributed by atoms with E-state index in [1.165, 1.54) is 28.2 Å². The number of H-pyrrole nitrogens is 1. The van der Waals surface area contributed by atoms with Gasteiger partial charge in [-0.2, -0.15) is 0 Å². The molecule has 214 valence electrons. The van der Waals surface area contributed by atoms with Crippen molar-refractivity contribution >= 4 is 28.9 Å². The van der Waals surface area contributed by atoms with Gasteiger partial charge in [-0.15, -0.1) is 0 Å². The van der Waals surface area contributed by atoms with Gasteiger partial charge in [0.2, 0.25) is 0 Å². The zero-order chi connectivity index (χ0) is 28.9. The second kappa shape index (κ2) is 15.4. The van der Waals surface area contributed by atoms with Crippen LogP contribution in [0.2, 0.25) is 0 Å². The summed E-state index contributed by atoms with van der Waals surface area (Å²) in [6, 6.07) is 24.5. The van der Waals surface area contributed by atoms with E-state index >= 15 is 0 Å². The van der Waals surface area contributed by atoms with E-state index in [9.17, 15) is 9.59 Å². The second-order valence-electron chi connectivity index (χ2n) is 9.99. The van der Waals surface area contributed by atoms with Gasteiger partial charge in [0.1, 0.15) is 0 Å². The maximum absolute atomic E-state index is 12.5. The number of carbonyl (C=O) groups is 2. The van der Waals surface area contributed by atoms with Crippen LogP contribution in [-0.2, 0) is 30.6 Å². The lowest BCUT2D eigenvalue weighted by Crippen LogP contribution is -2.41. The fourth-order valence-corrected chi connectivity index (χ4v) is 4.94. The van der Waals surface area contributed by atoms with Crippen LogP contribution in [0.3, 0.4) is 0 Å². The Bertz CT molecular complexity index is 1440. The number of amides is 3. The average molecular weight is 554 g/mol. The number of rotatable bonds is 14. The van der Waals surface area contributed by atoms with Gasteiger partial charge >= 0.3 is 6.03 Å². The summed E-state index contributed by atoms with van der Waals surface area (Å²) in [6.45, 7) is 5.52. The molecular weight excluding hydrogens is 514 g/mol. The van der Waals surface area contributed by atoms with Gasteiger partial charge in [-0.05, 0) is 59.2 Å². The van der Waals surface area contributed by atoms with E-state index in [0.29, 0.717) is 19.6 Å². The molecular formula is C33H39N5O3. The molecule has 0 spiro atoms. The van der Waals surface area contributed by atoms with Crippen LogP contribution in [0.1, 0.15) is 34.7 Å². The summed E-state index contributed by atoms with van der Waals surface area (Å²) in [6.07, 6.45) is 7.68. The average Bonchev–Trinajstić information content (AvgIpc) is 3.42. The first-order valence-electron chi connectivity index (χ1n) is 14.1. The molecule has 0 aliphatic rings. The normalized spacial score (nSPS) is 11.3. The fourth-order valence-electron chi connectivity index (χ4n) is 4.94. The van der Waals surface area contributed by atoms with Crippen LogP contribution in [0.25, 0.3) is 17.0 Å². The van der Waals surface area contributed by atoms with E-state index in [-0.39, 0.29) is 6.03 Å². The first kappa shape index (κ1) is 29.6. The number of aromatic amines is 1. The number of fused-ring (bicyclic) bond motifs is 1. The Kier molecular flexibility index (Phi) is 11.1. The van der Waals surface area contributed by atoms with Gasteiger partial charge in [0.15, 0.2) is 0 Å². The van der Waals surface area contributed by atoms with Crippen LogP contribution in [0.15, 0.2) is 85.1 Å². The summed E-state index contributed by atoms with van der Waals surface area (Å²) < 4.78 is 0. The van der Waals surface area contributed by atoms with Gasteiger partial charge in [-0.1, -0.05) is 73.7 Å². The van der Waals surface area contributed by atoms with E-state index in [1.807, 2.05) is 36.4 Å². The molecule has 0 aliphatic carbocycles. The molecule has 8 heteroatoms. The van der Waals surface area contributed by atoms with Crippen LogP contribution in [0.5, 0.6) is 0 Å². The van der Waals surface area contributed by atoms with Gasteiger partial charge < -0.3 is 15.6 Å². The van der Waals surface area contributed by atoms with Crippen molar-refractivity contribution in [2.45, 2.75) is 32.7 Å². The topological polar surface area (TPSA) is 109 Å². The quantitative estimate of drug-likeness (QED) is 0.0875. The molecule has 0 unspecified atom stereocenters. The third-order valence-electron chi connectivity index (χ3n) is 7.19. The maximum atomic E-state index is 12.5. The van der Waals surface area contributed by atoms with Crippen molar-refractivity contribution in [1.29, 1.82) is 0 Å². The van der Waals surface area contributed by atoms with Crippen molar-refractivity contribution in [3.63, 3.8) is 0 Å². The van der Waals surface area contributed by atoms with Crippen molar-refractivity contribution in [3.8, 4) is 0 Å². The van der Waals surface area contributed by atoms with E-state index in [0.717, 1.165) is 49.0 Å². The molecule has 0 atom stereocenters. The molecule has 3 amide bonds. The molecule has 3 aromatic carbocycles. The minimum Gasteiger partial charge on any atom is -0.361 e. The molecule has 0 fully saturated rings. The number of hydroxylamine groups is 1. The Morgan fingerprint density at radius 2 is 1.59 bits per heavy atom. The van der Waals surface area contributed by atoms with Gasteiger partial charge in [0.25, 0.3) is 5.91 Å². The summed E-state index contributed by atoms with van der Waals surface area (Å²) in [5.41, 5.74) is 8.58. The number of benzene rings is 3. The molecule has 1 heterocycles. The molecule has 4 aromatic rings. The highest BCUT2D eigenvalue weighted by Crippen LogP contribution is 2.19. The van der Waals surface area contributed by atoms with E-state index < -0.39 is 5.91 Å². The molecule has 0 saturated carbocycles. The molecule has 0 bridgehead atoms. The van der Waals surface area contributed by atoms with Crippen LogP contribution < -0.4 is 16.1 Å². The predicted molar refractivity (Wildman–Crippen MR) is 164 cm³/mol. The van der Waals surface area contributed by atoms with Crippen LogP contribution >= 0.6 is 0 Å². The zero-order valence-electron chi connectivity index (χ0n) is 23.5. The Labute approximate surface area is 241 Å². The van der Waals surface area contributed by atoms with E-state index in [1.54, 1.807) is 11.6 Å². The lowest BCUT2D eigenvalue weighted by atomic mass is 10.0. The minimum atomic E-state index is -0.570. The van der Waals surface area contributed by atoms with Crippen molar-refractivity contribution < 1.29 is 14.8 Å². The molecule has 5 N–H and O–H groups in total. The van der Waals surface area contributed by atoms with Gasteiger partial charge in [-0.3, -0.25) is 14.9 Å². The SMILES string of the molecule is CCc1ccccc1CCNC(=O)NCCN(CCc1c[nH]c2ccccc12)Cc1ccc(C=CC(=O)NO)cc1. The zero-order valence-corrected chi connectivity index (χ0v) is 23.5. The van der Waals surface area contributed by atoms with Crippen molar-refractivity contribution in [2.75, 3.05) is 26.2 Å². The van der Waals surface area contributed by atoms with Gasteiger partial charge in [-0.25, -0.2) is 10.3 Å². The highest BCUT2D eigenvalue weighted by Gasteiger charge is 2.11. The number of hydrogen-bond donors (Lipinski definition) is 5. The number of carbonyl (C=O) groups excluding carboxylic acids is 2. The van der Waals surface area contributed by atoms with Crippen LogP contribution in [-0.4, -0.2) is 53.2 Å². The predicted octanol–water partition coefficient (Wildman–Crippen LogP) is 4.84. The molecule has 4 rings (SSSR count). The lowest BCUT2D eigenvalue weighted by molar-refractivity contribution is -0.124. The monoisotopic (exact) mass is 553 g/mol. The smallest absolute Gasteiger partial charge is 0.314 e. The van der Waals surface area contributed by atoms with Crippen LogP contribution in [0.4, 0.5) is 4.79 Å². The van der Waals surface area contributed by atoms with Gasteiger partial charge in [0, 0.05) is 55.9 Å². The Balaban J connectivity index is 1.32. The maximum Gasteiger partial charge on any atom is 0.314 e. The summed E-state index contributed by atoms with van der Waals surface area (Å²) in [5, 5.41) is 15.9. The van der Waals surface area contributed by atoms with Gasteiger partial charge in [0.05, 0.1) is 0 Å². The molecule has 41 heavy (non-hydrogen) atoms. The molecule has 1 aromatic heterocycles.